The van der Waals surface area contributed by atoms with Gasteiger partial charge in [0.05, 0.1) is 18.1 Å². The second-order valence-corrected chi connectivity index (χ2v) is 6.48. The molecule has 1 amide bonds. The topological polar surface area (TPSA) is 51.0 Å². The van der Waals surface area contributed by atoms with Crippen LogP contribution in [0.25, 0.3) is 5.69 Å². The summed E-state index contributed by atoms with van der Waals surface area (Å²) in [4.78, 5) is 17.8. The van der Waals surface area contributed by atoms with E-state index in [1.807, 2.05) is 0 Å². The predicted octanol–water partition coefficient (Wildman–Crippen LogP) is 4.16. The smallest absolute Gasteiger partial charge is 0.308 e. The van der Waals surface area contributed by atoms with Crippen LogP contribution in [0.3, 0.4) is 0 Å². The van der Waals surface area contributed by atoms with Gasteiger partial charge in [-0.3, -0.25) is 9.78 Å². The number of carbonyl (C=O) groups is 1. The number of anilines is 1. The standard InChI is InChI=1S/C16H18ClF3N4OS/c1-11(10-26)15(25)23(7-3-5-16(18,19)20)13-9-24(22-14(13)17)12-4-2-6-21-8-12/h2,4,6,8-9,11,26H,3,5,7,10H2,1H3. The van der Waals surface area contributed by atoms with Gasteiger partial charge in [0.1, 0.15) is 5.69 Å². The Morgan fingerprint density at radius 2 is 2.19 bits per heavy atom. The first kappa shape index (κ1) is 20.6. The zero-order valence-electron chi connectivity index (χ0n) is 13.9. The van der Waals surface area contributed by atoms with Gasteiger partial charge in [0.15, 0.2) is 5.15 Å². The van der Waals surface area contributed by atoms with Crippen LogP contribution in [-0.2, 0) is 4.79 Å². The van der Waals surface area contributed by atoms with Crippen molar-refractivity contribution in [1.82, 2.24) is 14.8 Å². The summed E-state index contributed by atoms with van der Waals surface area (Å²) in [6, 6.07) is 3.45. The minimum Gasteiger partial charge on any atom is -0.308 e. The summed E-state index contributed by atoms with van der Waals surface area (Å²) >= 11 is 10.3. The number of aromatic nitrogens is 3. The molecule has 2 heterocycles. The van der Waals surface area contributed by atoms with E-state index in [-0.39, 0.29) is 35.5 Å². The van der Waals surface area contributed by atoms with E-state index in [4.69, 9.17) is 11.6 Å². The van der Waals surface area contributed by atoms with Crippen molar-refractivity contribution in [3.8, 4) is 5.69 Å². The molecule has 2 aromatic heterocycles. The van der Waals surface area contributed by atoms with Crippen LogP contribution in [0.4, 0.5) is 18.9 Å². The summed E-state index contributed by atoms with van der Waals surface area (Å²) in [6.45, 7) is 1.54. The van der Waals surface area contributed by atoms with Crippen molar-refractivity contribution in [1.29, 1.82) is 0 Å². The first-order chi connectivity index (χ1) is 12.2. The fourth-order valence-corrected chi connectivity index (χ4v) is 2.67. The largest absolute Gasteiger partial charge is 0.389 e. The number of rotatable bonds is 7. The van der Waals surface area contributed by atoms with Crippen LogP contribution in [0.5, 0.6) is 0 Å². The molecule has 0 aliphatic rings. The maximum atomic E-state index is 12.6. The number of pyridine rings is 1. The minimum atomic E-state index is -4.28. The molecule has 0 fully saturated rings. The molecular weight excluding hydrogens is 389 g/mol. The predicted molar refractivity (Wildman–Crippen MR) is 97.0 cm³/mol. The number of carbonyl (C=O) groups excluding carboxylic acids is 1. The Balaban J connectivity index is 2.29. The van der Waals surface area contributed by atoms with Gasteiger partial charge in [-0.05, 0) is 18.6 Å². The third-order valence-corrected chi connectivity index (χ3v) is 4.47. The molecule has 2 aromatic rings. The van der Waals surface area contributed by atoms with E-state index in [9.17, 15) is 18.0 Å². The summed E-state index contributed by atoms with van der Waals surface area (Å²) in [7, 11) is 0. The quantitative estimate of drug-likeness (QED) is 0.702. The van der Waals surface area contributed by atoms with Gasteiger partial charge in [0, 0.05) is 30.8 Å². The van der Waals surface area contributed by atoms with E-state index in [1.165, 1.54) is 15.8 Å². The Hall–Kier alpha value is -1.74. The van der Waals surface area contributed by atoms with E-state index in [0.29, 0.717) is 5.69 Å². The summed E-state index contributed by atoms with van der Waals surface area (Å²) in [5.41, 5.74) is 0.877. The van der Waals surface area contributed by atoms with Crippen LogP contribution >= 0.6 is 24.2 Å². The number of nitrogens with zero attached hydrogens (tertiary/aromatic N) is 4. The van der Waals surface area contributed by atoms with Crippen molar-refractivity contribution in [3.05, 3.63) is 35.9 Å². The number of amides is 1. The number of alkyl halides is 3. The Bertz CT molecular complexity index is 739. The fourth-order valence-electron chi connectivity index (χ4n) is 2.28. The maximum absolute atomic E-state index is 12.6. The normalized spacial score (nSPS) is 12.8. The molecule has 0 N–H and O–H groups in total. The Kier molecular flexibility index (Phi) is 6.94. The van der Waals surface area contributed by atoms with Gasteiger partial charge < -0.3 is 4.90 Å². The van der Waals surface area contributed by atoms with Crippen molar-refractivity contribution in [3.63, 3.8) is 0 Å². The van der Waals surface area contributed by atoms with Crippen LogP contribution in [-0.4, -0.2) is 39.1 Å². The van der Waals surface area contributed by atoms with Gasteiger partial charge in [-0.2, -0.15) is 30.9 Å². The second-order valence-electron chi connectivity index (χ2n) is 5.75. The highest BCUT2D eigenvalue weighted by atomic mass is 35.5. The highest BCUT2D eigenvalue weighted by Gasteiger charge is 2.29. The molecule has 26 heavy (non-hydrogen) atoms. The minimum absolute atomic E-state index is 0.0283. The lowest BCUT2D eigenvalue weighted by Crippen LogP contribution is -2.37. The summed E-state index contributed by atoms with van der Waals surface area (Å²) in [5.74, 6) is -0.556. The second kappa shape index (κ2) is 8.77. The van der Waals surface area contributed by atoms with E-state index in [2.05, 4.69) is 22.7 Å². The van der Waals surface area contributed by atoms with Crippen LogP contribution < -0.4 is 4.90 Å². The monoisotopic (exact) mass is 406 g/mol. The molecule has 5 nitrogen and oxygen atoms in total. The summed E-state index contributed by atoms with van der Waals surface area (Å²) < 4.78 is 38.9. The highest BCUT2D eigenvalue weighted by Crippen LogP contribution is 2.29. The maximum Gasteiger partial charge on any atom is 0.389 e. The SMILES string of the molecule is CC(CS)C(=O)N(CCCC(F)(F)F)c1cn(-c2cccnc2)nc1Cl. The van der Waals surface area contributed by atoms with E-state index in [1.54, 1.807) is 31.5 Å². The molecule has 0 aromatic carbocycles. The lowest BCUT2D eigenvalue weighted by Gasteiger charge is -2.24. The van der Waals surface area contributed by atoms with Crippen LogP contribution in [0.1, 0.15) is 19.8 Å². The molecule has 10 heteroatoms. The van der Waals surface area contributed by atoms with Crippen LogP contribution in [0.15, 0.2) is 30.7 Å². The van der Waals surface area contributed by atoms with Crippen LogP contribution in [0.2, 0.25) is 5.15 Å². The average molecular weight is 407 g/mol. The molecule has 0 aliphatic carbocycles. The van der Waals surface area contributed by atoms with Crippen LogP contribution in [0, 0.1) is 5.92 Å². The molecule has 0 aliphatic heterocycles. The van der Waals surface area contributed by atoms with Crippen molar-refractivity contribution in [2.45, 2.75) is 25.9 Å². The number of halogens is 4. The van der Waals surface area contributed by atoms with E-state index in [0.717, 1.165) is 0 Å². The molecule has 0 saturated carbocycles. The first-order valence-corrected chi connectivity index (χ1v) is 8.88. The third-order valence-electron chi connectivity index (χ3n) is 3.66. The number of hydrogen-bond donors (Lipinski definition) is 1. The van der Waals surface area contributed by atoms with Crippen molar-refractivity contribution < 1.29 is 18.0 Å². The molecule has 2 rings (SSSR count). The molecule has 142 valence electrons. The lowest BCUT2D eigenvalue weighted by molar-refractivity contribution is -0.135. The van der Waals surface area contributed by atoms with Gasteiger partial charge in [-0.15, -0.1) is 0 Å². The molecule has 0 bridgehead atoms. The van der Waals surface area contributed by atoms with Gasteiger partial charge >= 0.3 is 6.18 Å². The summed E-state index contributed by atoms with van der Waals surface area (Å²) in [6.07, 6.45) is -0.844. The van der Waals surface area contributed by atoms with Gasteiger partial charge in [-0.1, -0.05) is 18.5 Å². The molecule has 0 spiro atoms. The zero-order chi connectivity index (χ0) is 19.3. The molecule has 1 unspecified atom stereocenters. The molecule has 0 radical (unpaired) electrons. The van der Waals surface area contributed by atoms with Gasteiger partial charge in [0.2, 0.25) is 5.91 Å². The molecule has 1 atom stereocenters. The highest BCUT2D eigenvalue weighted by molar-refractivity contribution is 7.80. The van der Waals surface area contributed by atoms with Gasteiger partial charge in [-0.25, -0.2) is 4.68 Å². The third kappa shape index (κ3) is 5.38. The van der Waals surface area contributed by atoms with E-state index < -0.39 is 18.5 Å². The molecule has 0 saturated heterocycles. The van der Waals surface area contributed by atoms with E-state index >= 15 is 0 Å². The lowest BCUT2D eigenvalue weighted by atomic mass is 10.1. The number of thiol groups is 1. The Labute approximate surface area is 159 Å². The van der Waals surface area contributed by atoms with Gasteiger partial charge in [0.25, 0.3) is 0 Å². The summed E-state index contributed by atoms with van der Waals surface area (Å²) in [5, 5.41) is 4.16. The average Bonchev–Trinajstić information content (AvgIpc) is 2.99. The zero-order valence-corrected chi connectivity index (χ0v) is 15.6. The molecular formula is C16H18ClF3N4OS. The number of hydrogen-bond acceptors (Lipinski definition) is 4. The Morgan fingerprint density at radius 1 is 1.46 bits per heavy atom. The van der Waals surface area contributed by atoms with Crippen molar-refractivity contribution >= 4 is 35.8 Å². The Morgan fingerprint density at radius 3 is 2.77 bits per heavy atom. The fraction of sp³-hybridized carbons (Fsp3) is 0.438. The van der Waals surface area contributed by atoms with Crippen molar-refractivity contribution in [2.75, 3.05) is 17.2 Å². The first-order valence-electron chi connectivity index (χ1n) is 7.87. The van der Waals surface area contributed by atoms with Crippen molar-refractivity contribution in [2.24, 2.45) is 5.92 Å².